The molecule has 0 heterocycles. The van der Waals surface area contributed by atoms with Crippen molar-refractivity contribution in [3.8, 4) is 0 Å². The van der Waals surface area contributed by atoms with Crippen molar-refractivity contribution < 1.29 is 21.8 Å². The van der Waals surface area contributed by atoms with Crippen LogP contribution in [0.2, 0.25) is 5.02 Å². The minimum absolute atomic E-state index is 0.203. The molecule has 118 valence electrons. The number of carbonyl (C=O) groups is 1. The number of nitrogens with one attached hydrogen (secondary N) is 1. The molecule has 5 nitrogen and oxygen atoms in total. The molecule has 0 aliphatic carbocycles. The van der Waals surface area contributed by atoms with E-state index in [1.807, 2.05) is 0 Å². The van der Waals surface area contributed by atoms with Crippen molar-refractivity contribution >= 4 is 48.0 Å². The van der Waals surface area contributed by atoms with Gasteiger partial charge in [0.25, 0.3) is 15.0 Å². The zero-order valence-electron chi connectivity index (χ0n) is 10.9. The van der Waals surface area contributed by atoms with E-state index in [-0.39, 0.29) is 12.1 Å². The van der Waals surface area contributed by atoms with Crippen LogP contribution in [0.5, 0.6) is 0 Å². The number of amides is 1. The van der Waals surface area contributed by atoms with Crippen molar-refractivity contribution in [1.29, 1.82) is 0 Å². The van der Waals surface area contributed by atoms with Gasteiger partial charge in [-0.25, -0.2) is 12.8 Å². The Kier molecular flexibility index (Phi) is 6.58. The van der Waals surface area contributed by atoms with Crippen LogP contribution in [0.1, 0.15) is 16.8 Å². The summed E-state index contributed by atoms with van der Waals surface area (Å²) in [5, 5.41) is 1.95. The molecular formula is C11H12Cl2FNO4S2. The molecule has 0 fully saturated rings. The largest absolute Gasteiger partial charge is 0.352 e. The number of halogens is 3. The van der Waals surface area contributed by atoms with Gasteiger partial charge in [0.15, 0.2) is 0 Å². The van der Waals surface area contributed by atoms with E-state index in [2.05, 4.69) is 5.32 Å². The molecule has 0 aliphatic heterocycles. The number of rotatable bonds is 6. The molecule has 21 heavy (non-hydrogen) atoms. The first-order valence-corrected chi connectivity index (χ1v) is 10.1. The molecule has 0 aliphatic rings. The molecule has 1 rings (SSSR count). The average Bonchev–Trinajstić information content (AvgIpc) is 2.35. The standard InChI is InChI=1S/C11H12Cl2FNO4S2/c1-20(17)4-2-3-15-11(16)8-5-7(21(13,18)19)6-9(14)10(8)12/h5-6H,2-4H2,1H3,(H,15,16). The Balaban J connectivity index is 2.93. The van der Waals surface area contributed by atoms with Crippen molar-refractivity contribution in [3.05, 3.63) is 28.5 Å². The third-order valence-corrected chi connectivity index (χ3v) is 5.00. The fourth-order valence-corrected chi connectivity index (χ4v) is 2.96. The fourth-order valence-electron chi connectivity index (χ4n) is 1.44. The predicted molar refractivity (Wildman–Crippen MR) is 80.3 cm³/mol. The summed E-state index contributed by atoms with van der Waals surface area (Å²) in [7, 11) is -0.0454. The molecule has 1 amide bonds. The molecule has 0 saturated heterocycles. The topological polar surface area (TPSA) is 80.3 Å². The molecule has 1 unspecified atom stereocenters. The molecule has 0 bridgehead atoms. The molecule has 0 saturated carbocycles. The lowest BCUT2D eigenvalue weighted by molar-refractivity contribution is 0.0953. The summed E-state index contributed by atoms with van der Waals surface area (Å²) in [6.45, 7) is 0.203. The van der Waals surface area contributed by atoms with E-state index < -0.39 is 41.5 Å². The minimum atomic E-state index is -4.18. The third kappa shape index (κ3) is 5.54. The first-order chi connectivity index (χ1) is 9.62. The number of hydrogen-bond acceptors (Lipinski definition) is 4. The molecule has 0 radical (unpaired) electrons. The normalized spacial score (nSPS) is 13.0. The van der Waals surface area contributed by atoms with Gasteiger partial charge < -0.3 is 5.32 Å². The quantitative estimate of drug-likeness (QED) is 0.608. The van der Waals surface area contributed by atoms with Crippen molar-refractivity contribution in [2.24, 2.45) is 0 Å². The maximum Gasteiger partial charge on any atom is 0.261 e. The monoisotopic (exact) mass is 375 g/mol. The summed E-state index contributed by atoms with van der Waals surface area (Å²) in [5.41, 5.74) is -0.325. The lowest BCUT2D eigenvalue weighted by Crippen LogP contribution is -2.26. The van der Waals surface area contributed by atoms with Crippen LogP contribution >= 0.6 is 22.3 Å². The first kappa shape index (κ1) is 18.3. The zero-order chi connectivity index (χ0) is 16.2. The Morgan fingerprint density at radius 3 is 2.57 bits per heavy atom. The van der Waals surface area contributed by atoms with Crippen LogP contribution in [0.3, 0.4) is 0 Å². The Bertz CT molecular complexity index is 679. The van der Waals surface area contributed by atoms with Crippen LogP contribution in [-0.4, -0.2) is 37.1 Å². The van der Waals surface area contributed by atoms with Crippen LogP contribution in [0.15, 0.2) is 17.0 Å². The van der Waals surface area contributed by atoms with Gasteiger partial charge in [-0.05, 0) is 18.6 Å². The van der Waals surface area contributed by atoms with Crippen molar-refractivity contribution in [2.75, 3.05) is 18.6 Å². The van der Waals surface area contributed by atoms with Gasteiger partial charge >= 0.3 is 0 Å². The molecule has 1 N–H and O–H groups in total. The first-order valence-electron chi connectivity index (χ1n) is 5.65. The second kappa shape index (κ2) is 7.53. The highest BCUT2D eigenvalue weighted by Crippen LogP contribution is 2.26. The van der Waals surface area contributed by atoms with Crippen LogP contribution < -0.4 is 5.32 Å². The van der Waals surface area contributed by atoms with Crippen LogP contribution in [0, 0.1) is 5.82 Å². The lowest BCUT2D eigenvalue weighted by atomic mass is 10.2. The summed E-state index contributed by atoms with van der Waals surface area (Å²) >= 11 is 5.65. The van der Waals surface area contributed by atoms with E-state index in [4.69, 9.17) is 22.3 Å². The van der Waals surface area contributed by atoms with E-state index in [1.54, 1.807) is 0 Å². The van der Waals surface area contributed by atoms with Crippen LogP contribution in [0.4, 0.5) is 4.39 Å². The number of carbonyl (C=O) groups excluding carboxylic acids is 1. The second-order valence-corrected chi connectivity index (χ2v) is 8.59. The SMILES string of the molecule is CS(=O)CCCNC(=O)c1cc(S(=O)(=O)Cl)cc(F)c1Cl. The average molecular weight is 376 g/mol. The van der Waals surface area contributed by atoms with Gasteiger partial charge in [-0.1, -0.05) is 11.6 Å². The van der Waals surface area contributed by atoms with E-state index in [0.717, 1.165) is 6.07 Å². The predicted octanol–water partition coefficient (Wildman–Crippen LogP) is 1.90. The summed E-state index contributed by atoms with van der Waals surface area (Å²) in [5.74, 6) is -1.39. The van der Waals surface area contributed by atoms with Gasteiger partial charge in [0.1, 0.15) is 5.82 Å². The van der Waals surface area contributed by atoms with Gasteiger partial charge in [-0.2, -0.15) is 0 Å². The summed E-state index contributed by atoms with van der Waals surface area (Å²) < 4.78 is 46.8. The smallest absolute Gasteiger partial charge is 0.261 e. The van der Waals surface area contributed by atoms with E-state index in [9.17, 15) is 21.8 Å². The molecule has 10 heteroatoms. The van der Waals surface area contributed by atoms with Crippen molar-refractivity contribution in [1.82, 2.24) is 5.32 Å². The number of hydrogen-bond donors (Lipinski definition) is 1. The highest BCUT2D eigenvalue weighted by molar-refractivity contribution is 8.13. The van der Waals surface area contributed by atoms with E-state index in [0.29, 0.717) is 18.2 Å². The Labute approximate surface area is 133 Å². The number of benzene rings is 1. The summed E-state index contributed by atoms with van der Waals surface area (Å²) in [6, 6.07) is 1.54. The van der Waals surface area contributed by atoms with Crippen LogP contribution in [0.25, 0.3) is 0 Å². The second-order valence-electron chi connectivity index (χ2n) is 4.09. The van der Waals surface area contributed by atoms with E-state index >= 15 is 0 Å². The van der Waals surface area contributed by atoms with E-state index in [1.165, 1.54) is 6.26 Å². The highest BCUT2D eigenvalue weighted by Gasteiger charge is 2.20. The zero-order valence-corrected chi connectivity index (χ0v) is 14.0. The van der Waals surface area contributed by atoms with Gasteiger partial charge in [-0.3, -0.25) is 9.00 Å². The summed E-state index contributed by atoms with van der Waals surface area (Å²) in [4.78, 5) is 11.3. The Morgan fingerprint density at radius 2 is 2.05 bits per heavy atom. The minimum Gasteiger partial charge on any atom is -0.352 e. The van der Waals surface area contributed by atoms with Crippen molar-refractivity contribution in [2.45, 2.75) is 11.3 Å². The highest BCUT2D eigenvalue weighted by atomic mass is 35.7. The molecular weight excluding hydrogens is 364 g/mol. The third-order valence-electron chi connectivity index (χ3n) is 2.42. The maximum atomic E-state index is 13.5. The fraction of sp³-hybridized carbons (Fsp3) is 0.364. The summed E-state index contributed by atoms with van der Waals surface area (Å²) in [6.07, 6.45) is 1.99. The van der Waals surface area contributed by atoms with Crippen LogP contribution in [-0.2, 0) is 19.9 Å². The Hall–Kier alpha value is -0.700. The van der Waals surface area contributed by atoms with Gasteiger partial charge in [0.2, 0.25) is 0 Å². The van der Waals surface area contributed by atoms with Gasteiger partial charge in [0.05, 0.1) is 15.5 Å². The lowest BCUT2D eigenvalue weighted by Gasteiger charge is -2.08. The van der Waals surface area contributed by atoms with Crippen molar-refractivity contribution in [3.63, 3.8) is 0 Å². The molecule has 0 aromatic heterocycles. The Morgan fingerprint density at radius 1 is 1.43 bits per heavy atom. The van der Waals surface area contributed by atoms with Gasteiger partial charge in [0, 0.05) is 40.0 Å². The molecule has 1 aromatic rings. The maximum absolute atomic E-state index is 13.5. The van der Waals surface area contributed by atoms with Gasteiger partial charge in [-0.15, -0.1) is 0 Å². The molecule has 0 spiro atoms. The molecule has 1 atom stereocenters. The molecule has 1 aromatic carbocycles.